The van der Waals surface area contributed by atoms with Crippen LogP contribution in [-0.4, -0.2) is 62.2 Å². The highest BCUT2D eigenvalue weighted by atomic mass is 19.1. The minimum atomic E-state index is -0.476. The van der Waals surface area contributed by atoms with Crippen LogP contribution < -0.4 is 11.1 Å². The van der Waals surface area contributed by atoms with Gasteiger partial charge in [0.25, 0.3) is 0 Å². The molecule has 39 heavy (non-hydrogen) atoms. The summed E-state index contributed by atoms with van der Waals surface area (Å²) < 4.78 is 30.5. The third-order valence-corrected chi connectivity index (χ3v) is 6.45. The van der Waals surface area contributed by atoms with Gasteiger partial charge in [0.15, 0.2) is 11.5 Å². The van der Waals surface area contributed by atoms with Gasteiger partial charge in [-0.25, -0.2) is 18.7 Å². The number of nitrogens with one attached hydrogen (secondary N) is 3. The number of benzene rings is 2. The molecule has 6 aromatic rings. The van der Waals surface area contributed by atoms with E-state index in [1.165, 1.54) is 18.3 Å². The summed E-state index contributed by atoms with van der Waals surface area (Å²) in [4.78, 5) is 18.3. The van der Waals surface area contributed by atoms with E-state index in [0.717, 1.165) is 6.54 Å². The SMILES string of the molecule is CN(C)CCNc1cc(F)cc(-c2ccnc3nc(-c4n[nH]c5ccc(-c6cncc(N)c6)c(F)c45)[nH]c23)c1. The van der Waals surface area contributed by atoms with Crippen molar-refractivity contribution in [3.63, 3.8) is 0 Å². The van der Waals surface area contributed by atoms with Gasteiger partial charge in [0.05, 0.1) is 22.1 Å². The zero-order valence-corrected chi connectivity index (χ0v) is 21.3. The molecule has 0 spiro atoms. The Kier molecular flexibility index (Phi) is 6.12. The molecule has 0 fully saturated rings. The van der Waals surface area contributed by atoms with Gasteiger partial charge in [-0.1, -0.05) is 0 Å². The van der Waals surface area contributed by atoms with Crippen molar-refractivity contribution in [1.82, 2.24) is 35.0 Å². The molecule has 0 aliphatic rings. The van der Waals surface area contributed by atoms with Crippen LogP contribution in [0.2, 0.25) is 0 Å². The van der Waals surface area contributed by atoms with E-state index < -0.39 is 5.82 Å². The van der Waals surface area contributed by atoms with Gasteiger partial charge < -0.3 is 20.9 Å². The largest absolute Gasteiger partial charge is 0.397 e. The number of halogens is 2. The maximum Gasteiger partial charge on any atom is 0.178 e. The van der Waals surface area contributed by atoms with E-state index in [4.69, 9.17) is 5.73 Å². The van der Waals surface area contributed by atoms with Crippen LogP contribution in [0, 0.1) is 11.6 Å². The van der Waals surface area contributed by atoms with Gasteiger partial charge in [0, 0.05) is 54.1 Å². The van der Waals surface area contributed by atoms with E-state index in [-0.39, 0.29) is 11.2 Å². The van der Waals surface area contributed by atoms with E-state index in [0.29, 0.717) is 68.4 Å². The molecule has 196 valence electrons. The number of aromatic nitrogens is 6. The summed E-state index contributed by atoms with van der Waals surface area (Å²) in [5, 5.41) is 10.8. The molecule has 4 aromatic heterocycles. The van der Waals surface area contributed by atoms with Gasteiger partial charge in [-0.05, 0) is 62.1 Å². The Morgan fingerprint density at radius 1 is 1.00 bits per heavy atom. The van der Waals surface area contributed by atoms with Crippen molar-refractivity contribution in [3.8, 4) is 33.8 Å². The van der Waals surface area contributed by atoms with Crippen LogP contribution in [0.1, 0.15) is 0 Å². The Hall–Kier alpha value is -4.90. The van der Waals surface area contributed by atoms with E-state index in [9.17, 15) is 4.39 Å². The molecule has 0 bridgehead atoms. The minimum absolute atomic E-state index is 0.272. The summed E-state index contributed by atoms with van der Waals surface area (Å²) in [5.41, 5.74) is 11.0. The number of nitrogens with zero attached hydrogens (tertiary/aromatic N) is 5. The molecule has 0 amide bonds. The third kappa shape index (κ3) is 4.64. The predicted octanol–water partition coefficient (Wildman–Crippen LogP) is 5.06. The van der Waals surface area contributed by atoms with Crippen molar-refractivity contribution in [2.75, 3.05) is 38.2 Å². The van der Waals surface area contributed by atoms with Crippen LogP contribution in [0.3, 0.4) is 0 Å². The molecular weight excluding hydrogens is 500 g/mol. The number of aromatic amines is 2. The number of pyridine rings is 2. The third-order valence-electron chi connectivity index (χ3n) is 6.45. The summed E-state index contributed by atoms with van der Waals surface area (Å²) >= 11 is 0. The molecule has 2 aromatic carbocycles. The molecule has 0 saturated carbocycles. The van der Waals surface area contributed by atoms with Crippen molar-refractivity contribution in [2.24, 2.45) is 0 Å². The number of fused-ring (bicyclic) bond motifs is 2. The molecule has 0 aliphatic heterocycles. The van der Waals surface area contributed by atoms with Crippen molar-refractivity contribution in [2.45, 2.75) is 0 Å². The fourth-order valence-corrected chi connectivity index (χ4v) is 4.61. The maximum absolute atomic E-state index is 15.9. The van der Waals surface area contributed by atoms with Crippen molar-refractivity contribution in [3.05, 3.63) is 72.7 Å². The monoisotopic (exact) mass is 525 g/mol. The second kappa shape index (κ2) is 9.76. The van der Waals surface area contributed by atoms with Crippen LogP contribution in [0.25, 0.3) is 55.8 Å². The molecule has 0 unspecified atom stereocenters. The predicted molar refractivity (Wildman–Crippen MR) is 149 cm³/mol. The molecule has 6 rings (SSSR count). The zero-order valence-electron chi connectivity index (χ0n) is 21.3. The number of H-pyrrole nitrogens is 2. The summed E-state index contributed by atoms with van der Waals surface area (Å²) in [7, 11) is 3.96. The van der Waals surface area contributed by atoms with E-state index >= 15 is 4.39 Å². The molecular formula is C28H25F2N9. The molecule has 0 aliphatic carbocycles. The second-order valence-electron chi connectivity index (χ2n) is 9.53. The topological polar surface area (TPSA) is 124 Å². The lowest BCUT2D eigenvalue weighted by Gasteiger charge is -2.13. The number of hydrogen-bond donors (Lipinski definition) is 4. The number of nitrogen functional groups attached to an aromatic ring is 1. The van der Waals surface area contributed by atoms with E-state index in [1.807, 2.05) is 25.1 Å². The fourth-order valence-electron chi connectivity index (χ4n) is 4.61. The number of anilines is 2. The average molecular weight is 526 g/mol. The smallest absolute Gasteiger partial charge is 0.178 e. The van der Waals surface area contributed by atoms with E-state index in [2.05, 4.69) is 35.5 Å². The van der Waals surface area contributed by atoms with Gasteiger partial charge in [0.2, 0.25) is 0 Å². The first-order valence-corrected chi connectivity index (χ1v) is 12.3. The Balaban J connectivity index is 1.43. The molecule has 0 radical (unpaired) electrons. The lowest BCUT2D eigenvalue weighted by Crippen LogP contribution is -2.20. The van der Waals surface area contributed by atoms with Crippen molar-refractivity contribution < 1.29 is 8.78 Å². The number of rotatable bonds is 7. The van der Waals surface area contributed by atoms with Gasteiger partial charge in [-0.3, -0.25) is 10.1 Å². The van der Waals surface area contributed by atoms with E-state index in [1.54, 1.807) is 36.7 Å². The molecule has 4 heterocycles. The first-order valence-electron chi connectivity index (χ1n) is 12.3. The van der Waals surface area contributed by atoms with Crippen LogP contribution >= 0.6 is 0 Å². The van der Waals surface area contributed by atoms with Crippen LogP contribution in [0.5, 0.6) is 0 Å². The van der Waals surface area contributed by atoms with Crippen LogP contribution in [0.4, 0.5) is 20.2 Å². The summed E-state index contributed by atoms with van der Waals surface area (Å²) in [6, 6.07) is 11.7. The average Bonchev–Trinajstić information content (AvgIpc) is 3.53. The zero-order chi connectivity index (χ0) is 27.1. The highest BCUT2D eigenvalue weighted by molar-refractivity contribution is 5.98. The standard InChI is InChI=1S/C28H25F2N9/c1-39(2)8-7-33-19-11-15(9-17(29)12-19)21-5-6-34-27-25(21)35-28(36-27)26-23-22(37-38-26)4-3-20(24(23)30)16-10-18(31)14-32-13-16/h3-6,9-14,33H,7-8,31H2,1-2H3,(H,37,38)(H,34,35,36). The quantitative estimate of drug-likeness (QED) is 0.230. The molecule has 5 N–H and O–H groups in total. The van der Waals surface area contributed by atoms with Crippen molar-refractivity contribution in [1.29, 1.82) is 0 Å². The number of likely N-dealkylation sites (N-methyl/N-ethyl adjacent to an activating group) is 1. The summed E-state index contributed by atoms with van der Waals surface area (Å²) in [6.45, 7) is 1.47. The molecule has 11 heteroatoms. The first-order chi connectivity index (χ1) is 18.9. The number of hydrogen-bond acceptors (Lipinski definition) is 7. The first kappa shape index (κ1) is 24.4. The van der Waals surface area contributed by atoms with Crippen LogP contribution in [-0.2, 0) is 0 Å². The number of nitrogens with two attached hydrogens (primary N) is 1. The molecule has 0 atom stereocenters. The Morgan fingerprint density at radius 2 is 1.87 bits per heavy atom. The number of imidazole rings is 1. The second-order valence-corrected chi connectivity index (χ2v) is 9.53. The molecule has 9 nitrogen and oxygen atoms in total. The summed E-state index contributed by atoms with van der Waals surface area (Å²) in [5.74, 6) is -0.511. The summed E-state index contributed by atoms with van der Waals surface area (Å²) in [6.07, 6.45) is 4.67. The van der Waals surface area contributed by atoms with Gasteiger partial charge in [-0.15, -0.1) is 0 Å². The van der Waals surface area contributed by atoms with Gasteiger partial charge >= 0.3 is 0 Å². The highest BCUT2D eigenvalue weighted by Crippen LogP contribution is 2.35. The highest BCUT2D eigenvalue weighted by Gasteiger charge is 2.21. The Morgan fingerprint density at radius 3 is 2.69 bits per heavy atom. The van der Waals surface area contributed by atoms with Gasteiger partial charge in [-0.2, -0.15) is 5.10 Å². The Labute approximate surface area is 222 Å². The molecule has 0 saturated heterocycles. The van der Waals surface area contributed by atoms with Crippen molar-refractivity contribution >= 4 is 33.4 Å². The Bertz CT molecular complexity index is 1820. The minimum Gasteiger partial charge on any atom is -0.397 e. The lowest BCUT2D eigenvalue weighted by molar-refractivity contribution is 0.425. The van der Waals surface area contributed by atoms with Gasteiger partial charge in [0.1, 0.15) is 17.3 Å². The van der Waals surface area contributed by atoms with Crippen LogP contribution in [0.15, 0.2) is 61.1 Å². The fraction of sp³-hybridized carbons (Fsp3) is 0.143. The maximum atomic E-state index is 15.9. The lowest BCUT2D eigenvalue weighted by atomic mass is 10.0. The normalized spacial score (nSPS) is 11.6.